The normalized spacial score (nSPS) is 20.2. The van der Waals surface area contributed by atoms with Crippen molar-refractivity contribution in [3.8, 4) is 0 Å². The highest BCUT2D eigenvalue weighted by atomic mass is 16.4. The van der Waals surface area contributed by atoms with Gasteiger partial charge in [0.1, 0.15) is 6.04 Å². The van der Waals surface area contributed by atoms with E-state index >= 15 is 0 Å². The Kier molecular flexibility index (Phi) is 4.81. The average Bonchev–Trinajstić information content (AvgIpc) is 2.74. The Labute approximate surface area is 120 Å². The molecule has 0 bridgehead atoms. The van der Waals surface area contributed by atoms with Gasteiger partial charge < -0.3 is 5.11 Å². The maximum atomic E-state index is 11.4. The number of carbonyl (C=O) groups is 1. The van der Waals surface area contributed by atoms with Crippen LogP contribution in [-0.4, -0.2) is 38.3 Å². The van der Waals surface area contributed by atoms with Gasteiger partial charge in [-0.05, 0) is 32.2 Å². The van der Waals surface area contributed by atoms with Gasteiger partial charge in [-0.2, -0.15) is 5.10 Å². The van der Waals surface area contributed by atoms with Gasteiger partial charge in [-0.1, -0.05) is 20.3 Å². The first kappa shape index (κ1) is 15.0. The summed E-state index contributed by atoms with van der Waals surface area (Å²) in [4.78, 5) is 13.5. The summed E-state index contributed by atoms with van der Waals surface area (Å²) < 4.78 is 1.95. The van der Waals surface area contributed by atoms with Crippen LogP contribution in [0, 0.1) is 0 Å². The zero-order chi connectivity index (χ0) is 14.7. The molecule has 1 aliphatic heterocycles. The Morgan fingerprint density at radius 3 is 2.70 bits per heavy atom. The second-order valence-electron chi connectivity index (χ2n) is 5.52. The van der Waals surface area contributed by atoms with E-state index in [0.717, 1.165) is 50.9 Å². The number of aliphatic carboxylic acids is 1. The van der Waals surface area contributed by atoms with Gasteiger partial charge in [-0.25, -0.2) is 0 Å². The van der Waals surface area contributed by atoms with E-state index in [1.807, 2.05) is 11.7 Å². The van der Waals surface area contributed by atoms with Crippen LogP contribution in [0.3, 0.4) is 0 Å². The molecule has 0 aliphatic carbocycles. The fourth-order valence-electron chi connectivity index (χ4n) is 3.24. The third-order valence-corrected chi connectivity index (χ3v) is 4.29. The standard InChI is InChI=1S/C15H25N3O2/c1-4-12-11(13(5-2)17(3)16-12)10-18-9-7-6-8-14(18)15(19)20/h14H,4-10H2,1-3H3,(H,19,20). The SMILES string of the molecule is CCc1nn(C)c(CC)c1CN1CCCCC1C(=O)O. The van der Waals surface area contributed by atoms with Crippen LogP contribution in [0.2, 0.25) is 0 Å². The Hall–Kier alpha value is -1.36. The van der Waals surface area contributed by atoms with Crippen LogP contribution in [0.25, 0.3) is 0 Å². The predicted molar refractivity (Wildman–Crippen MR) is 77.6 cm³/mol. The summed E-state index contributed by atoms with van der Waals surface area (Å²) in [5.74, 6) is -0.690. The number of piperidine rings is 1. The Morgan fingerprint density at radius 1 is 1.35 bits per heavy atom. The van der Waals surface area contributed by atoms with Crippen molar-refractivity contribution in [1.29, 1.82) is 0 Å². The van der Waals surface area contributed by atoms with Gasteiger partial charge in [0.05, 0.1) is 5.69 Å². The lowest BCUT2D eigenvalue weighted by atomic mass is 10.00. The van der Waals surface area contributed by atoms with Crippen LogP contribution >= 0.6 is 0 Å². The Balaban J connectivity index is 2.25. The molecule has 5 heteroatoms. The number of carboxylic acids is 1. The average molecular weight is 279 g/mol. The van der Waals surface area contributed by atoms with E-state index in [0.29, 0.717) is 0 Å². The summed E-state index contributed by atoms with van der Waals surface area (Å²) in [5.41, 5.74) is 3.58. The van der Waals surface area contributed by atoms with Gasteiger partial charge in [0.15, 0.2) is 0 Å². The summed E-state index contributed by atoms with van der Waals surface area (Å²) in [6.45, 7) is 5.83. The summed E-state index contributed by atoms with van der Waals surface area (Å²) >= 11 is 0. The smallest absolute Gasteiger partial charge is 0.320 e. The highest BCUT2D eigenvalue weighted by molar-refractivity contribution is 5.73. The molecule has 0 aromatic carbocycles. The second-order valence-corrected chi connectivity index (χ2v) is 5.52. The van der Waals surface area contributed by atoms with Crippen LogP contribution in [-0.2, 0) is 31.2 Å². The van der Waals surface area contributed by atoms with Crippen molar-refractivity contribution in [3.05, 3.63) is 17.0 Å². The first-order valence-electron chi connectivity index (χ1n) is 7.58. The number of nitrogens with zero attached hydrogens (tertiary/aromatic N) is 3. The first-order valence-corrected chi connectivity index (χ1v) is 7.58. The van der Waals surface area contributed by atoms with Crippen molar-refractivity contribution in [2.45, 2.75) is 58.5 Å². The number of likely N-dealkylation sites (tertiary alicyclic amines) is 1. The van der Waals surface area contributed by atoms with Gasteiger partial charge >= 0.3 is 5.97 Å². The largest absolute Gasteiger partial charge is 0.480 e. The molecule has 2 heterocycles. The Bertz CT molecular complexity index is 482. The molecule has 0 amide bonds. The summed E-state index contributed by atoms with van der Waals surface area (Å²) in [6.07, 6.45) is 4.70. The van der Waals surface area contributed by atoms with Crippen molar-refractivity contribution in [2.24, 2.45) is 7.05 Å². The number of hydrogen-bond donors (Lipinski definition) is 1. The van der Waals surface area contributed by atoms with Crippen LogP contribution in [0.1, 0.15) is 50.1 Å². The van der Waals surface area contributed by atoms with Gasteiger partial charge in [0.2, 0.25) is 0 Å². The minimum Gasteiger partial charge on any atom is -0.480 e. The quantitative estimate of drug-likeness (QED) is 0.895. The molecule has 1 aromatic rings. The lowest BCUT2D eigenvalue weighted by molar-refractivity contribution is -0.144. The van der Waals surface area contributed by atoms with Crippen molar-refractivity contribution in [2.75, 3.05) is 6.54 Å². The maximum Gasteiger partial charge on any atom is 0.320 e. The second kappa shape index (κ2) is 6.39. The summed E-state index contributed by atoms with van der Waals surface area (Å²) in [7, 11) is 1.98. The molecule has 112 valence electrons. The van der Waals surface area contributed by atoms with E-state index in [1.165, 1.54) is 11.3 Å². The molecule has 1 unspecified atom stereocenters. The van der Waals surface area contributed by atoms with Crippen molar-refractivity contribution < 1.29 is 9.90 Å². The van der Waals surface area contributed by atoms with E-state index in [1.54, 1.807) is 0 Å². The number of aromatic nitrogens is 2. The monoisotopic (exact) mass is 279 g/mol. The minimum absolute atomic E-state index is 0.335. The highest BCUT2D eigenvalue weighted by Crippen LogP contribution is 2.23. The van der Waals surface area contributed by atoms with Gasteiger partial charge in [0.25, 0.3) is 0 Å². The summed E-state index contributed by atoms with van der Waals surface area (Å²) in [5, 5.41) is 14.0. The van der Waals surface area contributed by atoms with Gasteiger partial charge in [0, 0.05) is 24.8 Å². The van der Waals surface area contributed by atoms with E-state index in [4.69, 9.17) is 0 Å². The fourth-order valence-corrected chi connectivity index (χ4v) is 3.24. The van der Waals surface area contributed by atoms with Crippen LogP contribution in [0.5, 0.6) is 0 Å². The molecule has 20 heavy (non-hydrogen) atoms. The molecule has 1 atom stereocenters. The zero-order valence-corrected chi connectivity index (χ0v) is 12.7. The zero-order valence-electron chi connectivity index (χ0n) is 12.7. The molecule has 1 aromatic heterocycles. The molecular weight excluding hydrogens is 254 g/mol. The number of hydrogen-bond acceptors (Lipinski definition) is 3. The van der Waals surface area contributed by atoms with Crippen LogP contribution in [0.4, 0.5) is 0 Å². The molecule has 1 aliphatic rings. The fraction of sp³-hybridized carbons (Fsp3) is 0.733. The lowest BCUT2D eigenvalue weighted by Gasteiger charge is -2.33. The molecule has 2 rings (SSSR count). The topological polar surface area (TPSA) is 58.4 Å². The molecule has 1 N–H and O–H groups in total. The lowest BCUT2D eigenvalue weighted by Crippen LogP contribution is -2.44. The minimum atomic E-state index is -0.690. The summed E-state index contributed by atoms with van der Waals surface area (Å²) in [6, 6.07) is -0.335. The molecule has 0 spiro atoms. The van der Waals surface area contributed by atoms with Gasteiger partial charge in [-0.3, -0.25) is 14.4 Å². The van der Waals surface area contributed by atoms with Gasteiger partial charge in [-0.15, -0.1) is 0 Å². The van der Waals surface area contributed by atoms with E-state index in [2.05, 4.69) is 23.8 Å². The number of aryl methyl sites for hydroxylation is 2. The van der Waals surface area contributed by atoms with E-state index in [9.17, 15) is 9.90 Å². The Morgan fingerprint density at radius 2 is 2.10 bits per heavy atom. The third kappa shape index (κ3) is 2.87. The number of rotatable bonds is 5. The van der Waals surface area contributed by atoms with Crippen molar-refractivity contribution >= 4 is 5.97 Å². The predicted octanol–water partition coefficient (Wildman–Crippen LogP) is 1.98. The molecule has 0 radical (unpaired) electrons. The van der Waals surface area contributed by atoms with E-state index in [-0.39, 0.29) is 6.04 Å². The first-order chi connectivity index (χ1) is 9.58. The van der Waals surface area contributed by atoms with Crippen LogP contribution < -0.4 is 0 Å². The third-order valence-electron chi connectivity index (χ3n) is 4.29. The molecule has 0 saturated carbocycles. The number of carboxylic acid groups (broad SMARTS) is 1. The molecular formula is C15H25N3O2. The molecule has 1 fully saturated rings. The van der Waals surface area contributed by atoms with Crippen molar-refractivity contribution in [1.82, 2.24) is 14.7 Å². The highest BCUT2D eigenvalue weighted by Gasteiger charge is 2.29. The van der Waals surface area contributed by atoms with Crippen molar-refractivity contribution in [3.63, 3.8) is 0 Å². The molecule has 1 saturated heterocycles. The van der Waals surface area contributed by atoms with Crippen LogP contribution in [0.15, 0.2) is 0 Å². The van der Waals surface area contributed by atoms with E-state index < -0.39 is 5.97 Å². The maximum absolute atomic E-state index is 11.4. The molecule has 5 nitrogen and oxygen atoms in total.